The minimum atomic E-state index is 0.355. The molecule has 0 aliphatic heterocycles. The Balaban J connectivity index is 1.96. The molecule has 4 nitrogen and oxygen atoms in total. The molecule has 0 radical (unpaired) electrons. The molecular weight excluding hydrogens is 250 g/mol. The van der Waals surface area contributed by atoms with Crippen LogP contribution in [-0.2, 0) is 4.74 Å². The van der Waals surface area contributed by atoms with Crippen molar-refractivity contribution in [2.45, 2.75) is 37.7 Å². The maximum atomic E-state index is 5.96. The van der Waals surface area contributed by atoms with Gasteiger partial charge in [0, 0.05) is 13.0 Å². The molecule has 5 heteroatoms. The standard InChI is InChI=1S/C13H16ClN3O/c1-18-10-4-2-3-9(7-10)11-8-15-13-6-5-12(14)16-17(11)13/h5-6,8-10H,2-4,7H2,1H3/t9-,10?/m1/s1. The van der Waals surface area contributed by atoms with E-state index in [2.05, 4.69) is 10.1 Å². The number of rotatable bonds is 2. The minimum absolute atomic E-state index is 0.355. The van der Waals surface area contributed by atoms with Gasteiger partial charge in [0.2, 0.25) is 0 Å². The maximum Gasteiger partial charge on any atom is 0.153 e. The molecule has 1 aliphatic rings. The van der Waals surface area contributed by atoms with Gasteiger partial charge < -0.3 is 4.74 Å². The zero-order valence-corrected chi connectivity index (χ0v) is 11.1. The Morgan fingerprint density at radius 2 is 2.28 bits per heavy atom. The van der Waals surface area contributed by atoms with Crippen LogP contribution in [-0.4, -0.2) is 27.8 Å². The summed E-state index contributed by atoms with van der Waals surface area (Å²) in [4.78, 5) is 4.39. The molecule has 1 saturated carbocycles. The third-order valence-electron chi connectivity index (χ3n) is 3.73. The maximum absolute atomic E-state index is 5.96. The Morgan fingerprint density at radius 1 is 1.39 bits per heavy atom. The smallest absolute Gasteiger partial charge is 0.153 e. The van der Waals surface area contributed by atoms with Crippen LogP contribution in [0.15, 0.2) is 18.3 Å². The number of ether oxygens (including phenoxy) is 1. The Hall–Kier alpha value is -1.13. The first-order valence-electron chi connectivity index (χ1n) is 6.31. The van der Waals surface area contributed by atoms with E-state index in [-0.39, 0.29) is 0 Å². The van der Waals surface area contributed by atoms with Gasteiger partial charge in [-0.3, -0.25) is 0 Å². The van der Waals surface area contributed by atoms with Crippen LogP contribution >= 0.6 is 11.6 Å². The number of hydrogen-bond acceptors (Lipinski definition) is 3. The number of halogens is 1. The van der Waals surface area contributed by atoms with Gasteiger partial charge in [-0.05, 0) is 31.4 Å². The molecule has 0 spiro atoms. The van der Waals surface area contributed by atoms with Gasteiger partial charge in [0.05, 0.1) is 18.0 Å². The molecule has 0 N–H and O–H groups in total. The van der Waals surface area contributed by atoms with E-state index in [4.69, 9.17) is 16.3 Å². The lowest BCUT2D eigenvalue weighted by atomic mass is 9.85. The number of hydrogen-bond donors (Lipinski definition) is 0. The fraction of sp³-hybridized carbons (Fsp3) is 0.538. The first-order chi connectivity index (χ1) is 8.78. The highest BCUT2D eigenvalue weighted by atomic mass is 35.5. The van der Waals surface area contributed by atoms with E-state index in [1.807, 2.05) is 16.8 Å². The van der Waals surface area contributed by atoms with Crippen LogP contribution in [0.2, 0.25) is 5.15 Å². The van der Waals surface area contributed by atoms with E-state index in [9.17, 15) is 0 Å². The van der Waals surface area contributed by atoms with Gasteiger partial charge in [0.25, 0.3) is 0 Å². The molecule has 0 amide bonds. The van der Waals surface area contributed by atoms with E-state index in [0.29, 0.717) is 17.2 Å². The molecule has 2 heterocycles. The van der Waals surface area contributed by atoms with Crippen LogP contribution in [0.3, 0.4) is 0 Å². The van der Waals surface area contributed by atoms with Crippen molar-refractivity contribution in [1.29, 1.82) is 0 Å². The van der Waals surface area contributed by atoms with Crippen molar-refractivity contribution in [1.82, 2.24) is 14.6 Å². The molecule has 1 aliphatic carbocycles. The van der Waals surface area contributed by atoms with Crippen molar-refractivity contribution in [3.05, 3.63) is 29.2 Å². The third-order valence-corrected chi connectivity index (χ3v) is 3.94. The lowest BCUT2D eigenvalue weighted by Crippen LogP contribution is -2.21. The van der Waals surface area contributed by atoms with Crippen LogP contribution in [0.4, 0.5) is 0 Å². The summed E-state index contributed by atoms with van der Waals surface area (Å²) in [5.41, 5.74) is 2.00. The molecule has 2 aromatic heterocycles. The summed E-state index contributed by atoms with van der Waals surface area (Å²) in [6.45, 7) is 0. The molecule has 2 aromatic rings. The predicted molar refractivity (Wildman–Crippen MR) is 70.0 cm³/mol. The van der Waals surface area contributed by atoms with Crippen molar-refractivity contribution in [3.63, 3.8) is 0 Å². The second-order valence-electron chi connectivity index (χ2n) is 4.83. The zero-order chi connectivity index (χ0) is 12.5. The molecule has 2 atom stereocenters. The summed E-state index contributed by atoms with van der Waals surface area (Å²) in [6, 6.07) is 3.67. The topological polar surface area (TPSA) is 39.4 Å². The molecule has 1 unspecified atom stereocenters. The molecule has 18 heavy (non-hydrogen) atoms. The molecule has 0 aromatic carbocycles. The van der Waals surface area contributed by atoms with E-state index in [1.54, 1.807) is 13.2 Å². The van der Waals surface area contributed by atoms with Gasteiger partial charge in [-0.15, -0.1) is 0 Å². The van der Waals surface area contributed by atoms with Gasteiger partial charge in [0.1, 0.15) is 5.15 Å². The van der Waals surface area contributed by atoms with Gasteiger partial charge >= 0.3 is 0 Å². The Morgan fingerprint density at radius 3 is 3.11 bits per heavy atom. The Bertz CT molecular complexity index is 554. The lowest BCUT2D eigenvalue weighted by molar-refractivity contribution is 0.0628. The Kier molecular flexibility index (Phi) is 3.22. The second kappa shape index (κ2) is 4.86. The SMILES string of the molecule is COC1CCC[C@@H](c2cnc3ccc(Cl)nn23)C1. The summed E-state index contributed by atoms with van der Waals surface area (Å²) in [7, 11) is 1.79. The summed E-state index contributed by atoms with van der Waals surface area (Å²) < 4.78 is 7.35. The lowest BCUT2D eigenvalue weighted by Gasteiger charge is -2.27. The van der Waals surface area contributed by atoms with E-state index < -0.39 is 0 Å². The number of nitrogens with zero attached hydrogens (tertiary/aromatic N) is 3. The summed E-state index contributed by atoms with van der Waals surface area (Å²) in [6.07, 6.45) is 6.82. The first-order valence-corrected chi connectivity index (χ1v) is 6.68. The highest BCUT2D eigenvalue weighted by Gasteiger charge is 2.25. The first kappa shape index (κ1) is 11.9. The van der Waals surface area contributed by atoms with Gasteiger partial charge in [-0.25, -0.2) is 9.50 Å². The van der Waals surface area contributed by atoms with E-state index in [0.717, 1.165) is 24.2 Å². The molecule has 3 rings (SSSR count). The highest BCUT2D eigenvalue weighted by molar-refractivity contribution is 6.29. The largest absolute Gasteiger partial charge is 0.381 e. The molecule has 1 fully saturated rings. The minimum Gasteiger partial charge on any atom is -0.381 e. The second-order valence-corrected chi connectivity index (χ2v) is 5.22. The zero-order valence-electron chi connectivity index (χ0n) is 10.3. The average Bonchev–Trinajstić information content (AvgIpc) is 2.81. The number of fused-ring (bicyclic) bond motifs is 1. The number of methoxy groups -OCH3 is 1. The molecule has 0 saturated heterocycles. The normalized spacial score (nSPS) is 24.6. The van der Waals surface area contributed by atoms with Crippen molar-refractivity contribution < 1.29 is 4.74 Å². The predicted octanol–water partition coefficient (Wildman–Crippen LogP) is 3.06. The number of imidazole rings is 1. The van der Waals surface area contributed by atoms with Crippen molar-refractivity contribution in [3.8, 4) is 0 Å². The molecular formula is C13H16ClN3O. The van der Waals surface area contributed by atoms with Crippen molar-refractivity contribution in [2.24, 2.45) is 0 Å². The molecule has 0 bridgehead atoms. The van der Waals surface area contributed by atoms with Crippen LogP contribution in [0, 0.1) is 0 Å². The van der Waals surface area contributed by atoms with Crippen molar-refractivity contribution in [2.75, 3.05) is 7.11 Å². The van der Waals surface area contributed by atoms with E-state index >= 15 is 0 Å². The van der Waals surface area contributed by atoms with Crippen LogP contribution in [0.1, 0.15) is 37.3 Å². The summed E-state index contributed by atoms with van der Waals surface area (Å²) >= 11 is 5.96. The van der Waals surface area contributed by atoms with Gasteiger partial charge in [0.15, 0.2) is 5.65 Å². The average molecular weight is 266 g/mol. The fourth-order valence-corrected chi connectivity index (χ4v) is 2.91. The summed E-state index contributed by atoms with van der Waals surface area (Å²) in [5.74, 6) is 0.463. The van der Waals surface area contributed by atoms with Crippen molar-refractivity contribution >= 4 is 17.2 Å². The third kappa shape index (κ3) is 2.10. The van der Waals surface area contributed by atoms with Crippen LogP contribution in [0.25, 0.3) is 5.65 Å². The Labute approximate surface area is 111 Å². The quantitative estimate of drug-likeness (QED) is 0.838. The molecule has 96 valence electrons. The number of aromatic nitrogens is 3. The van der Waals surface area contributed by atoms with Gasteiger partial charge in [-0.2, -0.15) is 5.10 Å². The fourth-order valence-electron chi connectivity index (χ4n) is 2.77. The monoisotopic (exact) mass is 265 g/mol. The highest BCUT2D eigenvalue weighted by Crippen LogP contribution is 2.34. The van der Waals surface area contributed by atoms with Crippen LogP contribution in [0.5, 0.6) is 0 Å². The van der Waals surface area contributed by atoms with E-state index in [1.165, 1.54) is 12.8 Å². The summed E-state index contributed by atoms with van der Waals surface area (Å²) in [5, 5.41) is 4.84. The van der Waals surface area contributed by atoms with Gasteiger partial charge in [-0.1, -0.05) is 18.0 Å². The van der Waals surface area contributed by atoms with Crippen LogP contribution < -0.4 is 0 Å².